The number of rotatable bonds is 16. The lowest BCUT2D eigenvalue weighted by molar-refractivity contribution is -0.160. The SMILES string of the molecule is CC(=CC(=O)N(O)CCC[C@H](N)C(=O)OCCC(C)=CC(=O)N(O)CC[C@H](N)C(=O)O)CCO. The third kappa shape index (κ3) is 13.6. The molecule has 0 aromatic heterocycles. The quantitative estimate of drug-likeness (QED) is 0.0706. The van der Waals surface area contributed by atoms with E-state index in [1.54, 1.807) is 13.8 Å². The van der Waals surface area contributed by atoms with Crippen LogP contribution < -0.4 is 11.5 Å². The average Bonchev–Trinajstić information content (AvgIpc) is 2.76. The highest BCUT2D eigenvalue weighted by Gasteiger charge is 2.17. The fraction of sp³-hybridized carbons (Fsp3) is 0.619. The van der Waals surface area contributed by atoms with Crippen LogP contribution in [0.3, 0.4) is 0 Å². The summed E-state index contributed by atoms with van der Waals surface area (Å²) < 4.78 is 5.06. The molecule has 2 amide bonds. The van der Waals surface area contributed by atoms with Gasteiger partial charge in [-0.15, -0.1) is 0 Å². The Labute approximate surface area is 198 Å². The smallest absolute Gasteiger partial charge is 0.322 e. The number of nitrogens with zero attached hydrogens (tertiary/aromatic N) is 2. The predicted molar refractivity (Wildman–Crippen MR) is 119 cm³/mol. The van der Waals surface area contributed by atoms with E-state index in [4.69, 9.17) is 26.4 Å². The summed E-state index contributed by atoms with van der Waals surface area (Å²) in [7, 11) is 0. The molecule has 2 atom stereocenters. The van der Waals surface area contributed by atoms with E-state index in [-0.39, 0.29) is 52.0 Å². The highest BCUT2D eigenvalue weighted by molar-refractivity contribution is 5.87. The number of carbonyl (C=O) groups is 4. The van der Waals surface area contributed by atoms with E-state index in [1.807, 2.05) is 0 Å². The summed E-state index contributed by atoms with van der Waals surface area (Å²) in [5.74, 6) is -3.32. The number of aliphatic carboxylic acids is 1. The Kier molecular flexibility index (Phi) is 15.3. The first-order valence-electron chi connectivity index (χ1n) is 10.8. The fourth-order valence-electron chi connectivity index (χ4n) is 2.49. The van der Waals surface area contributed by atoms with E-state index in [2.05, 4.69) is 0 Å². The number of amides is 2. The Balaban J connectivity index is 4.29. The Hall–Kier alpha value is -2.84. The molecule has 0 saturated carbocycles. The predicted octanol–water partition coefficient (Wildman–Crippen LogP) is -0.460. The van der Waals surface area contributed by atoms with Crippen LogP contribution in [0.15, 0.2) is 23.3 Å². The van der Waals surface area contributed by atoms with Gasteiger partial charge in [0.1, 0.15) is 12.1 Å². The van der Waals surface area contributed by atoms with Crippen LogP contribution in [-0.2, 0) is 23.9 Å². The number of carboxylic acid groups (broad SMARTS) is 1. The summed E-state index contributed by atoms with van der Waals surface area (Å²) >= 11 is 0. The van der Waals surface area contributed by atoms with E-state index in [0.29, 0.717) is 27.7 Å². The van der Waals surface area contributed by atoms with E-state index < -0.39 is 35.8 Å². The van der Waals surface area contributed by atoms with Gasteiger partial charge in [0.15, 0.2) is 0 Å². The van der Waals surface area contributed by atoms with Crippen molar-refractivity contribution in [1.29, 1.82) is 0 Å². The summed E-state index contributed by atoms with van der Waals surface area (Å²) in [6.45, 7) is 2.78. The molecule has 0 unspecified atom stereocenters. The molecule has 0 radical (unpaired) electrons. The second-order valence-electron chi connectivity index (χ2n) is 7.78. The van der Waals surface area contributed by atoms with Gasteiger partial charge in [-0.25, -0.2) is 10.1 Å². The first-order chi connectivity index (χ1) is 15.9. The maximum atomic E-state index is 12.0. The zero-order valence-corrected chi connectivity index (χ0v) is 19.6. The minimum Gasteiger partial charge on any atom is -0.480 e. The molecule has 0 saturated heterocycles. The summed E-state index contributed by atoms with van der Waals surface area (Å²) in [6.07, 6.45) is 3.15. The van der Waals surface area contributed by atoms with E-state index in [1.165, 1.54) is 6.08 Å². The number of carboxylic acids is 1. The van der Waals surface area contributed by atoms with Gasteiger partial charge in [-0.2, -0.15) is 0 Å². The van der Waals surface area contributed by atoms with Crippen molar-refractivity contribution in [1.82, 2.24) is 10.1 Å². The van der Waals surface area contributed by atoms with Gasteiger partial charge in [0.05, 0.1) is 13.2 Å². The van der Waals surface area contributed by atoms with Crippen molar-refractivity contribution in [2.24, 2.45) is 11.5 Å². The molecule has 34 heavy (non-hydrogen) atoms. The van der Waals surface area contributed by atoms with Crippen LogP contribution in [0.2, 0.25) is 0 Å². The number of hydroxylamine groups is 4. The van der Waals surface area contributed by atoms with Crippen molar-refractivity contribution >= 4 is 23.8 Å². The second kappa shape index (κ2) is 16.7. The summed E-state index contributed by atoms with van der Waals surface area (Å²) in [5, 5.41) is 37.7. The number of aliphatic hydroxyl groups is 1. The Morgan fingerprint density at radius 1 is 0.882 bits per heavy atom. The zero-order valence-electron chi connectivity index (χ0n) is 19.6. The van der Waals surface area contributed by atoms with Gasteiger partial charge < -0.3 is 26.4 Å². The number of hydrogen-bond acceptors (Lipinski definition) is 10. The molecule has 0 aliphatic heterocycles. The molecule has 0 fully saturated rings. The van der Waals surface area contributed by atoms with Gasteiger partial charge in [-0.05, 0) is 39.5 Å². The number of carbonyl (C=O) groups excluding carboxylic acids is 3. The fourth-order valence-corrected chi connectivity index (χ4v) is 2.49. The molecule has 0 aliphatic rings. The van der Waals surface area contributed by atoms with E-state index in [9.17, 15) is 29.6 Å². The first kappa shape index (κ1) is 31.2. The normalized spacial score (nSPS) is 13.7. The number of hydrogen-bond donors (Lipinski definition) is 6. The average molecular weight is 489 g/mol. The van der Waals surface area contributed by atoms with Crippen LogP contribution in [0.25, 0.3) is 0 Å². The van der Waals surface area contributed by atoms with Gasteiger partial charge in [-0.3, -0.25) is 29.6 Å². The molecular weight excluding hydrogens is 452 g/mol. The van der Waals surface area contributed by atoms with Gasteiger partial charge in [0.2, 0.25) is 0 Å². The zero-order chi connectivity index (χ0) is 26.3. The van der Waals surface area contributed by atoms with Crippen LogP contribution in [0.1, 0.15) is 46.0 Å². The van der Waals surface area contributed by atoms with Crippen LogP contribution in [0.5, 0.6) is 0 Å². The lowest BCUT2D eigenvalue weighted by atomic mass is 10.1. The maximum Gasteiger partial charge on any atom is 0.322 e. The van der Waals surface area contributed by atoms with Gasteiger partial charge in [0, 0.05) is 31.7 Å². The van der Waals surface area contributed by atoms with Crippen LogP contribution in [0.4, 0.5) is 0 Å². The number of esters is 1. The second-order valence-corrected chi connectivity index (χ2v) is 7.78. The van der Waals surface area contributed by atoms with E-state index >= 15 is 0 Å². The molecular formula is C21H36N4O9. The largest absolute Gasteiger partial charge is 0.480 e. The third-order valence-electron chi connectivity index (χ3n) is 4.65. The summed E-state index contributed by atoms with van der Waals surface area (Å²) in [5.41, 5.74) is 12.2. The molecule has 13 nitrogen and oxygen atoms in total. The van der Waals surface area contributed by atoms with Crippen LogP contribution >= 0.6 is 0 Å². The molecule has 194 valence electrons. The molecule has 13 heteroatoms. The van der Waals surface area contributed by atoms with E-state index in [0.717, 1.165) is 6.08 Å². The molecule has 0 spiro atoms. The molecule has 0 aromatic carbocycles. The van der Waals surface area contributed by atoms with Crippen molar-refractivity contribution in [3.05, 3.63) is 23.3 Å². The molecule has 0 rings (SSSR count). The van der Waals surface area contributed by atoms with Crippen LogP contribution in [-0.4, -0.2) is 92.9 Å². The Morgan fingerprint density at radius 2 is 1.41 bits per heavy atom. The van der Waals surface area contributed by atoms with Gasteiger partial charge >= 0.3 is 11.9 Å². The number of nitrogens with two attached hydrogens (primary N) is 2. The summed E-state index contributed by atoms with van der Waals surface area (Å²) in [6, 6.07) is -2.16. The minimum atomic E-state index is -1.24. The molecule has 0 bridgehead atoms. The molecule has 0 aromatic rings. The molecule has 0 heterocycles. The monoisotopic (exact) mass is 488 g/mol. The van der Waals surface area contributed by atoms with Crippen LogP contribution in [0, 0.1) is 0 Å². The number of aliphatic hydroxyl groups excluding tert-OH is 1. The van der Waals surface area contributed by atoms with Crippen molar-refractivity contribution in [2.75, 3.05) is 26.3 Å². The minimum absolute atomic E-state index is 0.0400. The number of ether oxygens (including phenoxy) is 1. The third-order valence-corrected chi connectivity index (χ3v) is 4.65. The van der Waals surface area contributed by atoms with Gasteiger partial charge in [0.25, 0.3) is 11.8 Å². The standard InChI is InChI=1S/C21H36N4O9/c1-14(6-10-26)12-18(27)24(32)8-3-4-17(23)21(31)34-11-7-15(2)13-19(28)25(33)9-5-16(22)20(29)30/h12-13,16-17,26,32-33H,3-11,22-23H2,1-2H3,(H,29,30)/t16-,17-/m0/s1. The lowest BCUT2D eigenvalue weighted by Crippen LogP contribution is -2.36. The van der Waals surface area contributed by atoms with Crippen molar-refractivity contribution in [3.63, 3.8) is 0 Å². The molecule has 8 N–H and O–H groups in total. The summed E-state index contributed by atoms with van der Waals surface area (Å²) in [4.78, 5) is 46.3. The van der Waals surface area contributed by atoms with Crippen molar-refractivity contribution in [3.8, 4) is 0 Å². The first-order valence-corrected chi connectivity index (χ1v) is 10.8. The van der Waals surface area contributed by atoms with Crippen molar-refractivity contribution in [2.45, 2.75) is 58.0 Å². The van der Waals surface area contributed by atoms with Gasteiger partial charge in [-0.1, -0.05) is 11.1 Å². The Bertz CT molecular complexity index is 755. The molecule has 0 aliphatic carbocycles. The van der Waals surface area contributed by atoms with Crippen molar-refractivity contribution < 1.29 is 44.5 Å². The lowest BCUT2D eigenvalue weighted by Gasteiger charge is -2.16. The highest BCUT2D eigenvalue weighted by atomic mass is 16.5. The Morgan fingerprint density at radius 3 is 1.94 bits per heavy atom. The highest BCUT2D eigenvalue weighted by Crippen LogP contribution is 2.06. The topological polar surface area (TPSA) is 217 Å². The maximum absolute atomic E-state index is 12.0.